The summed E-state index contributed by atoms with van der Waals surface area (Å²) in [6, 6.07) is 0. The van der Waals surface area contributed by atoms with Crippen LogP contribution in [-0.4, -0.2) is 43.3 Å². The van der Waals surface area contributed by atoms with Gasteiger partial charge in [-0.15, -0.1) is 0 Å². The predicted molar refractivity (Wildman–Crippen MR) is 50.1 cm³/mol. The van der Waals surface area contributed by atoms with Gasteiger partial charge in [0.25, 0.3) is 0 Å². The van der Waals surface area contributed by atoms with Crippen molar-refractivity contribution in [3.8, 4) is 0 Å². The van der Waals surface area contributed by atoms with Gasteiger partial charge in [-0.25, -0.2) is 0 Å². The number of hydrogen-bond acceptors (Lipinski definition) is 3. The van der Waals surface area contributed by atoms with Crippen molar-refractivity contribution < 1.29 is 4.74 Å². The topological polar surface area (TPSA) is 38.5 Å². The van der Waals surface area contributed by atoms with Gasteiger partial charge in [0.1, 0.15) is 0 Å². The third-order valence-corrected chi connectivity index (χ3v) is 2.18. The number of morpholine rings is 1. The van der Waals surface area contributed by atoms with E-state index in [1.54, 1.807) is 0 Å². The first kappa shape index (κ1) is 9.96. The van der Waals surface area contributed by atoms with E-state index in [0.717, 1.165) is 39.2 Å². The summed E-state index contributed by atoms with van der Waals surface area (Å²) in [5.74, 6) is 0. The van der Waals surface area contributed by atoms with Crippen LogP contribution in [0.1, 0.15) is 20.3 Å². The summed E-state index contributed by atoms with van der Waals surface area (Å²) in [5.41, 5.74) is 5.49. The van der Waals surface area contributed by atoms with Crippen LogP contribution in [0.25, 0.3) is 0 Å². The van der Waals surface area contributed by atoms with Crippen LogP contribution in [-0.2, 0) is 4.74 Å². The Bertz CT molecular complexity index is 136. The second-order valence-electron chi connectivity index (χ2n) is 4.03. The summed E-state index contributed by atoms with van der Waals surface area (Å²) >= 11 is 0. The molecule has 1 aliphatic heterocycles. The molecular formula is C9H20N2O. The van der Waals surface area contributed by atoms with Crippen molar-refractivity contribution in [1.29, 1.82) is 0 Å². The highest BCUT2D eigenvalue weighted by molar-refractivity contribution is 4.78. The van der Waals surface area contributed by atoms with E-state index >= 15 is 0 Å². The molecule has 1 saturated heterocycles. The minimum absolute atomic E-state index is 0.0346. The third-order valence-electron chi connectivity index (χ3n) is 2.18. The van der Waals surface area contributed by atoms with Crippen LogP contribution in [0.5, 0.6) is 0 Å². The van der Waals surface area contributed by atoms with E-state index in [4.69, 9.17) is 10.5 Å². The molecule has 0 bridgehead atoms. The highest BCUT2D eigenvalue weighted by atomic mass is 16.5. The first-order valence-corrected chi connectivity index (χ1v) is 4.70. The zero-order chi connectivity index (χ0) is 9.03. The average Bonchev–Trinajstić information content (AvgIpc) is 1.99. The molecule has 1 aliphatic rings. The van der Waals surface area contributed by atoms with Crippen molar-refractivity contribution in [1.82, 2.24) is 4.90 Å². The van der Waals surface area contributed by atoms with Gasteiger partial charge in [0.15, 0.2) is 0 Å². The lowest BCUT2D eigenvalue weighted by Crippen LogP contribution is -2.48. The summed E-state index contributed by atoms with van der Waals surface area (Å²) in [5, 5.41) is 0. The van der Waals surface area contributed by atoms with Crippen LogP contribution in [0.3, 0.4) is 0 Å². The Hall–Kier alpha value is -0.120. The quantitative estimate of drug-likeness (QED) is 0.671. The maximum absolute atomic E-state index is 5.60. The largest absolute Gasteiger partial charge is 0.373 e. The number of rotatable bonds is 3. The molecule has 1 fully saturated rings. The van der Waals surface area contributed by atoms with Crippen LogP contribution < -0.4 is 5.73 Å². The Balaban J connectivity index is 2.26. The molecule has 72 valence electrons. The van der Waals surface area contributed by atoms with Crippen molar-refractivity contribution in [3.05, 3.63) is 0 Å². The molecule has 0 amide bonds. The molecule has 0 aromatic heterocycles. The molecule has 2 N–H and O–H groups in total. The first-order chi connectivity index (χ1) is 5.64. The van der Waals surface area contributed by atoms with E-state index in [0.29, 0.717) is 0 Å². The van der Waals surface area contributed by atoms with Crippen LogP contribution in [0.2, 0.25) is 0 Å². The maximum atomic E-state index is 5.60. The predicted octanol–water partition coefficient (Wildman–Crippen LogP) is 0.446. The molecule has 0 unspecified atom stereocenters. The fourth-order valence-corrected chi connectivity index (χ4v) is 1.62. The lowest BCUT2D eigenvalue weighted by Gasteiger charge is -2.38. The molecule has 0 radical (unpaired) electrons. The van der Waals surface area contributed by atoms with Gasteiger partial charge in [-0.05, 0) is 33.4 Å². The minimum atomic E-state index is 0.0346. The summed E-state index contributed by atoms with van der Waals surface area (Å²) in [7, 11) is 0. The molecule has 0 saturated carbocycles. The summed E-state index contributed by atoms with van der Waals surface area (Å²) in [6.07, 6.45) is 1.09. The minimum Gasteiger partial charge on any atom is -0.373 e. The summed E-state index contributed by atoms with van der Waals surface area (Å²) in [6.45, 7) is 9.14. The van der Waals surface area contributed by atoms with Crippen molar-refractivity contribution in [3.63, 3.8) is 0 Å². The zero-order valence-corrected chi connectivity index (χ0v) is 8.18. The lowest BCUT2D eigenvalue weighted by molar-refractivity contribution is -0.0858. The van der Waals surface area contributed by atoms with Gasteiger partial charge in [-0.2, -0.15) is 0 Å². The molecular weight excluding hydrogens is 152 g/mol. The first-order valence-electron chi connectivity index (χ1n) is 4.70. The van der Waals surface area contributed by atoms with E-state index in [1.807, 2.05) is 0 Å². The average molecular weight is 172 g/mol. The van der Waals surface area contributed by atoms with Crippen LogP contribution in [0.4, 0.5) is 0 Å². The van der Waals surface area contributed by atoms with Gasteiger partial charge in [-0.1, -0.05) is 0 Å². The van der Waals surface area contributed by atoms with Gasteiger partial charge in [0.2, 0.25) is 0 Å². The number of nitrogens with zero attached hydrogens (tertiary/aromatic N) is 1. The normalized spacial score (nSPS) is 24.2. The zero-order valence-electron chi connectivity index (χ0n) is 8.18. The molecule has 3 heteroatoms. The van der Waals surface area contributed by atoms with Gasteiger partial charge < -0.3 is 10.5 Å². The van der Waals surface area contributed by atoms with Crippen LogP contribution in [0, 0.1) is 0 Å². The van der Waals surface area contributed by atoms with Crippen LogP contribution >= 0.6 is 0 Å². The van der Waals surface area contributed by atoms with E-state index < -0.39 is 0 Å². The second-order valence-corrected chi connectivity index (χ2v) is 4.03. The van der Waals surface area contributed by atoms with Crippen molar-refractivity contribution in [2.24, 2.45) is 5.73 Å². The highest BCUT2D eigenvalue weighted by Crippen LogP contribution is 2.15. The number of nitrogens with two attached hydrogens (primary N) is 1. The van der Waals surface area contributed by atoms with Gasteiger partial charge in [0.05, 0.1) is 12.2 Å². The third kappa shape index (κ3) is 3.09. The Labute approximate surface area is 74.9 Å². The molecule has 0 spiro atoms. The summed E-state index contributed by atoms with van der Waals surface area (Å²) < 4.78 is 5.60. The van der Waals surface area contributed by atoms with Gasteiger partial charge >= 0.3 is 0 Å². The smallest absolute Gasteiger partial charge is 0.0753 e. The molecule has 0 aliphatic carbocycles. The van der Waals surface area contributed by atoms with Gasteiger partial charge in [0, 0.05) is 13.1 Å². The molecule has 0 atom stereocenters. The molecule has 3 nitrogen and oxygen atoms in total. The molecule has 0 aromatic carbocycles. The highest BCUT2D eigenvalue weighted by Gasteiger charge is 2.26. The Morgan fingerprint density at radius 3 is 2.83 bits per heavy atom. The maximum Gasteiger partial charge on any atom is 0.0753 e. The lowest BCUT2D eigenvalue weighted by atomic mass is 10.1. The molecule has 1 rings (SSSR count). The summed E-state index contributed by atoms with van der Waals surface area (Å²) in [4.78, 5) is 2.43. The van der Waals surface area contributed by atoms with Crippen molar-refractivity contribution in [2.75, 3.05) is 32.8 Å². The SMILES string of the molecule is CC1(C)CN(CCCN)CCO1. The molecule has 12 heavy (non-hydrogen) atoms. The van der Waals surface area contributed by atoms with Crippen molar-refractivity contribution in [2.45, 2.75) is 25.9 Å². The van der Waals surface area contributed by atoms with E-state index in [-0.39, 0.29) is 5.60 Å². The van der Waals surface area contributed by atoms with E-state index in [2.05, 4.69) is 18.7 Å². The number of ether oxygens (including phenoxy) is 1. The van der Waals surface area contributed by atoms with Crippen molar-refractivity contribution >= 4 is 0 Å². The second kappa shape index (κ2) is 4.21. The van der Waals surface area contributed by atoms with Crippen LogP contribution in [0.15, 0.2) is 0 Å². The monoisotopic (exact) mass is 172 g/mol. The fraction of sp³-hybridized carbons (Fsp3) is 1.00. The Morgan fingerprint density at radius 2 is 2.25 bits per heavy atom. The standard InChI is InChI=1S/C9H20N2O/c1-9(2)8-11(5-3-4-10)6-7-12-9/h3-8,10H2,1-2H3. The Morgan fingerprint density at radius 1 is 1.50 bits per heavy atom. The number of hydrogen-bond donors (Lipinski definition) is 1. The van der Waals surface area contributed by atoms with E-state index in [1.165, 1.54) is 0 Å². The molecule has 0 aromatic rings. The Kier molecular flexibility index (Phi) is 3.50. The fourth-order valence-electron chi connectivity index (χ4n) is 1.62. The van der Waals surface area contributed by atoms with E-state index in [9.17, 15) is 0 Å². The molecule has 1 heterocycles. The van der Waals surface area contributed by atoms with Gasteiger partial charge in [-0.3, -0.25) is 4.90 Å².